The van der Waals surface area contributed by atoms with Crippen molar-refractivity contribution in [3.8, 4) is 0 Å². The van der Waals surface area contributed by atoms with Gasteiger partial charge in [-0.3, -0.25) is 4.79 Å². The Balaban J connectivity index is 0.00000280. The minimum absolute atomic E-state index is 0. The number of carbonyl (C=O) groups excluding carboxylic acids is 1. The van der Waals surface area contributed by atoms with Crippen LogP contribution in [0.2, 0.25) is 0 Å². The smallest absolute Gasteiger partial charge is 0.255 e. The van der Waals surface area contributed by atoms with Crippen LogP contribution >= 0.6 is 12.4 Å². The third-order valence-electron chi connectivity index (χ3n) is 4.27. The summed E-state index contributed by atoms with van der Waals surface area (Å²) in [5.41, 5.74) is 1.88. The molecule has 3 rings (SSSR count). The average molecular weight is 428 g/mol. The van der Waals surface area contributed by atoms with Gasteiger partial charge in [0.2, 0.25) is 10.0 Å². The molecule has 0 saturated carbocycles. The molecule has 0 radical (unpaired) electrons. The molecule has 3 N–H and O–H groups in total. The zero-order valence-corrected chi connectivity index (χ0v) is 17.2. The molecule has 28 heavy (non-hydrogen) atoms. The molecule has 152 valence electrons. The van der Waals surface area contributed by atoms with Gasteiger partial charge in [-0.2, -0.15) is 0 Å². The number of rotatable bonds is 5. The summed E-state index contributed by atoms with van der Waals surface area (Å²) in [5.74, 6) is -0.911. The van der Waals surface area contributed by atoms with Crippen molar-refractivity contribution in [1.82, 2.24) is 10.0 Å². The maximum Gasteiger partial charge on any atom is 0.255 e. The molecular weight excluding hydrogens is 405 g/mol. The van der Waals surface area contributed by atoms with E-state index in [0.29, 0.717) is 25.1 Å². The van der Waals surface area contributed by atoms with Gasteiger partial charge in [0, 0.05) is 18.2 Å². The van der Waals surface area contributed by atoms with Crippen LogP contribution in [0.1, 0.15) is 35.3 Å². The zero-order valence-electron chi connectivity index (χ0n) is 15.6. The molecule has 0 spiro atoms. The van der Waals surface area contributed by atoms with Gasteiger partial charge < -0.3 is 10.6 Å². The molecule has 0 aliphatic carbocycles. The van der Waals surface area contributed by atoms with Crippen molar-refractivity contribution in [3.05, 3.63) is 58.9 Å². The fourth-order valence-corrected chi connectivity index (χ4v) is 4.24. The SMILES string of the molecule is CC(C)NS(=O)(=O)c1ccc(C(=O)Nc2ccc3c(c2F)CCNC3)cc1.Cl. The van der Waals surface area contributed by atoms with Gasteiger partial charge in [0.25, 0.3) is 5.91 Å². The Morgan fingerprint density at radius 1 is 1.14 bits per heavy atom. The fourth-order valence-electron chi connectivity index (χ4n) is 2.99. The van der Waals surface area contributed by atoms with Crippen LogP contribution in [0.4, 0.5) is 10.1 Å². The van der Waals surface area contributed by atoms with Gasteiger partial charge in [-0.05, 0) is 68.3 Å². The normalized spacial score (nSPS) is 13.6. The Kier molecular flexibility index (Phi) is 7.16. The second-order valence-electron chi connectivity index (χ2n) is 6.75. The Morgan fingerprint density at radius 3 is 2.46 bits per heavy atom. The van der Waals surface area contributed by atoms with Crippen LogP contribution in [0.25, 0.3) is 0 Å². The summed E-state index contributed by atoms with van der Waals surface area (Å²) in [6.07, 6.45) is 0.570. The highest BCUT2D eigenvalue weighted by atomic mass is 35.5. The molecule has 1 amide bonds. The highest BCUT2D eigenvalue weighted by molar-refractivity contribution is 7.89. The lowest BCUT2D eigenvalue weighted by molar-refractivity contribution is 0.102. The van der Waals surface area contributed by atoms with E-state index < -0.39 is 21.7 Å². The van der Waals surface area contributed by atoms with Crippen molar-refractivity contribution < 1.29 is 17.6 Å². The lowest BCUT2D eigenvalue weighted by atomic mass is 9.99. The highest BCUT2D eigenvalue weighted by Crippen LogP contribution is 2.25. The number of halogens is 2. The molecule has 9 heteroatoms. The van der Waals surface area contributed by atoms with E-state index in [9.17, 15) is 17.6 Å². The number of hydrogen-bond donors (Lipinski definition) is 3. The van der Waals surface area contributed by atoms with E-state index in [1.807, 2.05) is 0 Å². The number of carbonyl (C=O) groups is 1. The molecule has 0 unspecified atom stereocenters. The first-order chi connectivity index (χ1) is 12.8. The molecule has 6 nitrogen and oxygen atoms in total. The van der Waals surface area contributed by atoms with Crippen molar-refractivity contribution in [1.29, 1.82) is 0 Å². The monoisotopic (exact) mass is 427 g/mol. The minimum Gasteiger partial charge on any atom is -0.319 e. The van der Waals surface area contributed by atoms with Crippen LogP contribution in [0.5, 0.6) is 0 Å². The molecule has 0 atom stereocenters. The third-order valence-corrected chi connectivity index (χ3v) is 5.95. The van der Waals surface area contributed by atoms with E-state index in [-0.39, 0.29) is 34.6 Å². The van der Waals surface area contributed by atoms with Crippen molar-refractivity contribution in [3.63, 3.8) is 0 Å². The molecule has 1 aliphatic heterocycles. The number of amides is 1. The topological polar surface area (TPSA) is 87.3 Å². The minimum atomic E-state index is -3.63. The van der Waals surface area contributed by atoms with Crippen LogP contribution in [0, 0.1) is 5.82 Å². The summed E-state index contributed by atoms with van der Waals surface area (Å²) in [6, 6.07) is 8.63. The second-order valence-corrected chi connectivity index (χ2v) is 8.46. The third kappa shape index (κ3) is 4.88. The van der Waals surface area contributed by atoms with Gasteiger partial charge in [-0.1, -0.05) is 6.07 Å². The van der Waals surface area contributed by atoms with Crippen LogP contribution in [-0.4, -0.2) is 26.9 Å². The first-order valence-corrected chi connectivity index (χ1v) is 10.2. The molecule has 1 aliphatic rings. The number of sulfonamides is 1. The predicted octanol–water partition coefficient (Wildman–Crippen LogP) is 2.83. The van der Waals surface area contributed by atoms with Gasteiger partial charge in [-0.15, -0.1) is 12.4 Å². The maximum absolute atomic E-state index is 14.6. The van der Waals surface area contributed by atoms with Crippen LogP contribution in [0.3, 0.4) is 0 Å². The first kappa shape index (κ1) is 22.3. The van der Waals surface area contributed by atoms with E-state index in [2.05, 4.69) is 15.4 Å². The fraction of sp³-hybridized carbons (Fsp3) is 0.316. The number of fused-ring (bicyclic) bond motifs is 1. The molecule has 0 bridgehead atoms. The van der Waals surface area contributed by atoms with Gasteiger partial charge in [0.1, 0.15) is 5.82 Å². The van der Waals surface area contributed by atoms with Crippen LogP contribution in [-0.2, 0) is 23.0 Å². The molecule has 2 aromatic carbocycles. The molecule has 1 heterocycles. The van der Waals surface area contributed by atoms with Crippen molar-refractivity contribution in [2.75, 3.05) is 11.9 Å². The quantitative estimate of drug-likeness (QED) is 0.684. The van der Waals surface area contributed by atoms with Gasteiger partial charge >= 0.3 is 0 Å². The van der Waals surface area contributed by atoms with E-state index in [0.717, 1.165) is 5.56 Å². The van der Waals surface area contributed by atoms with Crippen molar-refractivity contribution in [2.24, 2.45) is 0 Å². The van der Waals surface area contributed by atoms with Crippen molar-refractivity contribution in [2.45, 2.75) is 37.8 Å². The lowest BCUT2D eigenvalue weighted by Gasteiger charge is -2.19. The summed E-state index contributed by atoms with van der Waals surface area (Å²) < 4.78 is 41.4. The van der Waals surface area contributed by atoms with Crippen LogP contribution < -0.4 is 15.4 Å². The van der Waals surface area contributed by atoms with E-state index in [4.69, 9.17) is 0 Å². The molecule has 0 fully saturated rings. The summed E-state index contributed by atoms with van der Waals surface area (Å²) in [7, 11) is -3.63. The Labute approximate surface area is 170 Å². The summed E-state index contributed by atoms with van der Waals surface area (Å²) >= 11 is 0. The molecule has 0 aromatic heterocycles. The number of benzene rings is 2. The maximum atomic E-state index is 14.6. The number of nitrogens with one attached hydrogen (secondary N) is 3. The van der Waals surface area contributed by atoms with Gasteiger partial charge in [0.05, 0.1) is 10.6 Å². The molecule has 2 aromatic rings. The number of anilines is 1. The summed E-state index contributed by atoms with van der Waals surface area (Å²) in [4.78, 5) is 12.5. The van der Waals surface area contributed by atoms with Crippen LogP contribution in [0.15, 0.2) is 41.3 Å². The van der Waals surface area contributed by atoms with Crippen molar-refractivity contribution >= 4 is 34.0 Å². The standard InChI is InChI=1S/C19H22FN3O3S.ClH/c1-12(2)23-27(25,26)15-6-3-13(4-7-15)19(24)22-17-8-5-14-11-21-10-9-16(14)18(17)20;/h3-8,12,21,23H,9-11H2,1-2H3,(H,22,24);1H. The van der Waals surface area contributed by atoms with E-state index in [1.165, 1.54) is 24.3 Å². The van der Waals surface area contributed by atoms with Gasteiger partial charge in [0.15, 0.2) is 0 Å². The van der Waals surface area contributed by atoms with E-state index >= 15 is 0 Å². The van der Waals surface area contributed by atoms with Gasteiger partial charge in [-0.25, -0.2) is 17.5 Å². The largest absolute Gasteiger partial charge is 0.319 e. The average Bonchev–Trinajstić information content (AvgIpc) is 2.63. The lowest BCUT2D eigenvalue weighted by Crippen LogP contribution is -2.30. The van der Waals surface area contributed by atoms with E-state index in [1.54, 1.807) is 26.0 Å². The first-order valence-electron chi connectivity index (χ1n) is 8.72. The molecule has 0 saturated heterocycles. The Hall–Kier alpha value is -2.00. The number of hydrogen-bond acceptors (Lipinski definition) is 4. The highest BCUT2D eigenvalue weighted by Gasteiger charge is 2.19. The Morgan fingerprint density at radius 2 is 1.82 bits per heavy atom. The summed E-state index contributed by atoms with van der Waals surface area (Å²) in [6.45, 7) is 4.76. The Bertz CT molecular complexity index is 963. The zero-order chi connectivity index (χ0) is 19.6. The summed E-state index contributed by atoms with van der Waals surface area (Å²) in [5, 5.41) is 5.74. The predicted molar refractivity (Wildman–Crippen MR) is 109 cm³/mol. The second kappa shape index (κ2) is 9.00. The molecular formula is C19H23ClFN3O3S.